The monoisotopic (exact) mass is 279 g/mol. The van der Waals surface area contributed by atoms with E-state index in [2.05, 4.69) is 14.7 Å². The van der Waals surface area contributed by atoms with Crippen LogP contribution in [0.2, 0.25) is 5.28 Å². The third-order valence-corrected chi connectivity index (χ3v) is 3.72. The molecule has 2 N–H and O–H groups in total. The van der Waals surface area contributed by atoms with Crippen LogP contribution in [0, 0.1) is 5.92 Å². The van der Waals surface area contributed by atoms with Crippen molar-refractivity contribution in [3.05, 3.63) is 17.7 Å². The van der Waals surface area contributed by atoms with Gasteiger partial charge in [0.05, 0.1) is 12.4 Å². The van der Waals surface area contributed by atoms with Gasteiger partial charge in [-0.25, -0.2) is 23.1 Å². The van der Waals surface area contributed by atoms with Crippen molar-refractivity contribution in [3.63, 3.8) is 0 Å². The molecule has 1 aromatic heterocycles. The zero-order valence-electron chi connectivity index (χ0n) is 9.30. The molecule has 17 heavy (non-hydrogen) atoms. The Hall–Kier alpha value is -0.760. The molecule has 0 aliphatic heterocycles. The van der Waals surface area contributed by atoms with Gasteiger partial charge < -0.3 is 5.11 Å². The lowest BCUT2D eigenvalue weighted by atomic mass is 10.1. The number of halogens is 1. The molecule has 0 amide bonds. The molecule has 0 aromatic carbocycles. The van der Waals surface area contributed by atoms with E-state index in [-0.39, 0.29) is 29.2 Å². The number of aliphatic hydroxyl groups is 1. The molecule has 0 saturated heterocycles. The van der Waals surface area contributed by atoms with Gasteiger partial charge in [-0.2, -0.15) is 0 Å². The van der Waals surface area contributed by atoms with Gasteiger partial charge in [0, 0.05) is 13.2 Å². The summed E-state index contributed by atoms with van der Waals surface area (Å²) < 4.78 is 25.9. The number of nitrogens with one attached hydrogen (secondary N) is 1. The normalized spacial score (nSPS) is 13.6. The average molecular weight is 280 g/mol. The molecule has 0 aliphatic carbocycles. The molecule has 0 saturated carbocycles. The molecule has 1 aromatic rings. The van der Waals surface area contributed by atoms with E-state index < -0.39 is 10.0 Å². The summed E-state index contributed by atoms with van der Waals surface area (Å²) in [6.45, 7) is 2.13. The van der Waals surface area contributed by atoms with Crippen LogP contribution < -0.4 is 4.72 Å². The second-order valence-electron chi connectivity index (χ2n) is 3.66. The minimum absolute atomic E-state index is 0.00222. The topological polar surface area (TPSA) is 92.2 Å². The summed E-state index contributed by atoms with van der Waals surface area (Å²) in [5.41, 5.74) is 0. The van der Waals surface area contributed by atoms with Crippen molar-refractivity contribution in [1.29, 1.82) is 0 Å². The number of aliphatic hydroxyl groups excluding tert-OH is 1. The van der Waals surface area contributed by atoms with Gasteiger partial charge >= 0.3 is 0 Å². The quantitative estimate of drug-likeness (QED) is 0.737. The number of hydrogen-bond acceptors (Lipinski definition) is 5. The Morgan fingerprint density at radius 3 is 2.59 bits per heavy atom. The second kappa shape index (κ2) is 6.25. The Morgan fingerprint density at radius 2 is 2.06 bits per heavy atom. The first-order valence-corrected chi connectivity index (χ1v) is 6.90. The lowest BCUT2D eigenvalue weighted by Gasteiger charge is -2.11. The number of rotatable bonds is 6. The van der Waals surface area contributed by atoms with Gasteiger partial charge in [-0.05, 0) is 23.9 Å². The van der Waals surface area contributed by atoms with E-state index >= 15 is 0 Å². The molecule has 0 radical (unpaired) electrons. The van der Waals surface area contributed by atoms with Gasteiger partial charge in [0.2, 0.25) is 15.3 Å². The molecular formula is C9H14ClN3O3S. The number of sulfonamides is 1. The van der Waals surface area contributed by atoms with Gasteiger partial charge in [-0.1, -0.05) is 6.92 Å². The summed E-state index contributed by atoms with van der Waals surface area (Å²) in [6, 6.07) is 0. The van der Waals surface area contributed by atoms with Crippen LogP contribution in [-0.2, 0) is 10.0 Å². The smallest absolute Gasteiger partial charge is 0.243 e. The van der Waals surface area contributed by atoms with Crippen molar-refractivity contribution < 1.29 is 13.5 Å². The highest BCUT2D eigenvalue weighted by Gasteiger charge is 2.15. The summed E-state index contributed by atoms with van der Waals surface area (Å²) in [6.07, 6.45) is 2.84. The van der Waals surface area contributed by atoms with E-state index in [9.17, 15) is 8.42 Å². The van der Waals surface area contributed by atoms with Crippen LogP contribution in [0.5, 0.6) is 0 Å². The molecule has 1 heterocycles. The average Bonchev–Trinajstić information content (AvgIpc) is 2.28. The molecule has 0 bridgehead atoms. The number of nitrogens with zero attached hydrogens (tertiary/aromatic N) is 2. The van der Waals surface area contributed by atoms with E-state index in [1.807, 2.05) is 6.92 Å². The Bertz CT molecular complexity index is 449. The highest BCUT2D eigenvalue weighted by atomic mass is 35.5. The predicted molar refractivity (Wildman–Crippen MR) is 63.1 cm³/mol. The SMILES string of the molecule is CC(CCO)CNS(=O)(=O)c1cnc(Cl)nc1. The van der Waals surface area contributed by atoms with Crippen molar-refractivity contribution in [2.45, 2.75) is 18.2 Å². The molecule has 1 atom stereocenters. The maximum Gasteiger partial charge on any atom is 0.243 e. The molecule has 6 nitrogen and oxygen atoms in total. The fraction of sp³-hybridized carbons (Fsp3) is 0.556. The molecule has 96 valence electrons. The van der Waals surface area contributed by atoms with Gasteiger partial charge in [0.1, 0.15) is 4.90 Å². The minimum atomic E-state index is -3.61. The Balaban J connectivity index is 2.66. The molecule has 8 heteroatoms. The maximum absolute atomic E-state index is 11.8. The van der Waals surface area contributed by atoms with Crippen LogP contribution in [0.1, 0.15) is 13.3 Å². The molecule has 0 spiro atoms. The molecule has 0 aliphatic rings. The van der Waals surface area contributed by atoms with Gasteiger partial charge in [0.15, 0.2) is 0 Å². The van der Waals surface area contributed by atoms with E-state index in [1.54, 1.807) is 0 Å². The molecule has 1 rings (SSSR count). The van der Waals surface area contributed by atoms with Crippen LogP contribution in [0.3, 0.4) is 0 Å². The van der Waals surface area contributed by atoms with Crippen molar-refractivity contribution >= 4 is 21.6 Å². The first-order chi connectivity index (χ1) is 7.95. The molecular weight excluding hydrogens is 266 g/mol. The Morgan fingerprint density at radius 1 is 1.47 bits per heavy atom. The highest BCUT2D eigenvalue weighted by molar-refractivity contribution is 7.89. The van der Waals surface area contributed by atoms with Crippen molar-refractivity contribution in [1.82, 2.24) is 14.7 Å². The van der Waals surface area contributed by atoms with Crippen molar-refractivity contribution in [2.24, 2.45) is 5.92 Å². The van der Waals surface area contributed by atoms with Gasteiger partial charge in [-0.15, -0.1) is 0 Å². The predicted octanol–water partition coefficient (Wildman–Crippen LogP) is 0.427. The first-order valence-electron chi connectivity index (χ1n) is 5.04. The fourth-order valence-electron chi connectivity index (χ4n) is 1.10. The minimum Gasteiger partial charge on any atom is -0.396 e. The highest BCUT2D eigenvalue weighted by Crippen LogP contribution is 2.08. The van der Waals surface area contributed by atoms with Crippen LogP contribution in [0.25, 0.3) is 0 Å². The van der Waals surface area contributed by atoms with Crippen LogP contribution in [-0.4, -0.2) is 36.6 Å². The number of aromatic nitrogens is 2. The first kappa shape index (κ1) is 14.3. The zero-order chi connectivity index (χ0) is 12.9. The lowest BCUT2D eigenvalue weighted by Crippen LogP contribution is -2.29. The fourth-order valence-corrected chi connectivity index (χ4v) is 2.25. The zero-order valence-corrected chi connectivity index (χ0v) is 10.9. The lowest BCUT2D eigenvalue weighted by molar-refractivity contribution is 0.263. The largest absolute Gasteiger partial charge is 0.396 e. The summed E-state index contributed by atoms with van der Waals surface area (Å²) in [5, 5.41) is 8.70. The van der Waals surface area contributed by atoms with Gasteiger partial charge in [-0.3, -0.25) is 0 Å². The van der Waals surface area contributed by atoms with E-state index in [1.165, 1.54) is 0 Å². The van der Waals surface area contributed by atoms with E-state index in [4.69, 9.17) is 16.7 Å². The summed E-state index contributed by atoms with van der Waals surface area (Å²) in [5.74, 6) is 0.0583. The maximum atomic E-state index is 11.8. The van der Waals surface area contributed by atoms with E-state index in [0.717, 1.165) is 12.4 Å². The Labute approximate surface area is 105 Å². The summed E-state index contributed by atoms with van der Waals surface area (Å²) in [7, 11) is -3.61. The van der Waals surface area contributed by atoms with Crippen LogP contribution in [0.15, 0.2) is 17.3 Å². The third-order valence-electron chi connectivity index (χ3n) is 2.15. The molecule has 0 fully saturated rings. The van der Waals surface area contributed by atoms with Crippen molar-refractivity contribution in [3.8, 4) is 0 Å². The Kier molecular flexibility index (Phi) is 5.26. The third kappa shape index (κ3) is 4.55. The summed E-state index contributed by atoms with van der Waals surface area (Å²) in [4.78, 5) is 7.18. The van der Waals surface area contributed by atoms with Gasteiger partial charge in [0.25, 0.3) is 0 Å². The molecule has 1 unspecified atom stereocenters. The van der Waals surface area contributed by atoms with Crippen LogP contribution >= 0.6 is 11.6 Å². The number of hydrogen-bond donors (Lipinski definition) is 2. The van der Waals surface area contributed by atoms with Crippen LogP contribution in [0.4, 0.5) is 0 Å². The van der Waals surface area contributed by atoms with E-state index in [0.29, 0.717) is 6.42 Å². The second-order valence-corrected chi connectivity index (χ2v) is 5.76. The van der Waals surface area contributed by atoms with Crippen molar-refractivity contribution in [2.75, 3.05) is 13.2 Å². The summed E-state index contributed by atoms with van der Waals surface area (Å²) >= 11 is 5.47. The standard InChI is InChI=1S/C9H14ClN3O3S/c1-7(2-3-14)4-13-17(15,16)8-5-11-9(10)12-6-8/h5-7,13-14H,2-4H2,1H3.